The fourth-order valence-corrected chi connectivity index (χ4v) is 2.73. The molecule has 5 nitrogen and oxygen atoms in total. The van der Waals surface area contributed by atoms with Gasteiger partial charge in [-0.3, -0.25) is 14.2 Å². The minimum Gasteiger partial charge on any atom is -0.352 e. The molecular weight excluding hydrogens is 286 g/mol. The Morgan fingerprint density at radius 3 is 2.95 bits per heavy atom. The molecule has 1 N–H and O–H groups in total. The van der Waals surface area contributed by atoms with Crippen molar-refractivity contribution in [2.45, 2.75) is 17.3 Å². The van der Waals surface area contributed by atoms with E-state index in [2.05, 4.69) is 16.9 Å². The molecule has 0 aliphatic carbocycles. The molecule has 2 rings (SSSR count). The normalized spacial score (nSPS) is 12.1. The lowest BCUT2D eigenvalue weighted by molar-refractivity contribution is -0.120. The summed E-state index contributed by atoms with van der Waals surface area (Å²) in [4.78, 5) is 28.6. The molecule has 0 aliphatic rings. The Balaban J connectivity index is 2.30. The van der Waals surface area contributed by atoms with Crippen LogP contribution in [0.5, 0.6) is 0 Å². The number of benzene rings is 1. The van der Waals surface area contributed by atoms with E-state index in [0.717, 1.165) is 0 Å². The summed E-state index contributed by atoms with van der Waals surface area (Å²) in [5.74, 6) is -0.109. The van der Waals surface area contributed by atoms with Crippen molar-refractivity contribution < 1.29 is 4.79 Å². The molecule has 2 aromatic rings. The summed E-state index contributed by atoms with van der Waals surface area (Å²) in [5, 5.41) is 3.49. The lowest BCUT2D eigenvalue weighted by Gasteiger charge is -2.13. The van der Waals surface area contributed by atoms with Gasteiger partial charge in [0.15, 0.2) is 5.16 Å². The van der Waals surface area contributed by atoms with Crippen LogP contribution in [0.15, 0.2) is 46.9 Å². The van der Waals surface area contributed by atoms with Crippen LogP contribution in [0.2, 0.25) is 0 Å². The number of carbonyl (C=O) groups is 1. The third kappa shape index (κ3) is 3.33. The van der Waals surface area contributed by atoms with Gasteiger partial charge in [0.05, 0.1) is 16.2 Å². The highest BCUT2D eigenvalue weighted by molar-refractivity contribution is 8.00. The molecule has 0 radical (unpaired) electrons. The molecule has 0 saturated carbocycles. The maximum atomic E-state index is 12.3. The highest BCUT2D eigenvalue weighted by atomic mass is 32.2. The largest absolute Gasteiger partial charge is 0.352 e. The van der Waals surface area contributed by atoms with Crippen LogP contribution >= 0.6 is 11.8 Å². The molecular formula is C15H17N3O2S. The van der Waals surface area contributed by atoms with Gasteiger partial charge in [-0.1, -0.05) is 30.0 Å². The second-order valence-electron chi connectivity index (χ2n) is 4.57. The highest BCUT2D eigenvalue weighted by Gasteiger charge is 2.17. The average Bonchev–Trinajstić information content (AvgIpc) is 2.49. The van der Waals surface area contributed by atoms with E-state index < -0.39 is 0 Å². The molecule has 1 atom stereocenters. The number of amides is 1. The summed E-state index contributed by atoms with van der Waals surface area (Å²) in [7, 11) is 1.67. The van der Waals surface area contributed by atoms with Gasteiger partial charge in [-0.15, -0.1) is 6.58 Å². The lowest BCUT2D eigenvalue weighted by Crippen LogP contribution is -2.31. The van der Waals surface area contributed by atoms with Crippen molar-refractivity contribution in [1.82, 2.24) is 14.9 Å². The predicted molar refractivity (Wildman–Crippen MR) is 85.5 cm³/mol. The van der Waals surface area contributed by atoms with E-state index in [1.807, 2.05) is 12.1 Å². The zero-order valence-electron chi connectivity index (χ0n) is 12.0. The van der Waals surface area contributed by atoms with E-state index in [4.69, 9.17) is 0 Å². The van der Waals surface area contributed by atoms with Gasteiger partial charge in [-0.25, -0.2) is 4.98 Å². The van der Waals surface area contributed by atoms with Crippen molar-refractivity contribution in [3.05, 3.63) is 47.3 Å². The predicted octanol–water partition coefficient (Wildman–Crippen LogP) is 1.72. The molecule has 1 unspecified atom stereocenters. The number of nitrogens with zero attached hydrogens (tertiary/aromatic N) is 2. The zero-order valence-corrected chi connectivity index (χ0v) is 12.8. The first-order valence-electron chi connectivity index (χ1n) is 6.55. The van der Waals surface area contributed by atoms with Crippen molar-refractivity contribution in [3.63, 3.8) is 0 Å². The van der Waals surface area contributed by atoms with Crippen LogP contribution in [0, 0.1) is 0 Å². The number of nitrogens with one attached hydrogen (secondary N) is 1. The molecule has 21 heavy (non-hydrogen) atoms. The fraction of sp³-hybridized carbons (Fsp3) is 0.267. The van der Waals surface area contributed by atoms with Crippen LogP contribution < -0.4 is 10.9 Å². The lowest BCUT2D eigenvalue weighted by atomic mass is 10.2. The second kappa shape index (κ2) is 6.58. The standard InChI is InChI=1S/C15H17N3O2S/c1-4-9-16-13(19)10(2)21-15-17-12-8-6-5-7-11(12)14(20)18(15)3/h4-8,10H,1,9H2,2-3H3,(H,16,19). The van der Waals surface area contributed by atoms with Crippen LogP contribution in [-0.2, 0) is 11.8 Å². The number of thioether (sulfide) groups is 1. The SMILES string of the molecule is C=CCNC(=O)C(C)Sc1nc2ccccc2c(=O)n1C. The molecule has 1 heterocycles. The third-order valence-electron chi connectivity index (χ3n) is 3.01. The van der Waals surface area contributed by atoms with Gasteiger partial charge < -0.3 is 5.32 Å². The summed E-state index contributed by atoms with van der Waals surface area (Å²) < 4.78 is 1.48. The van der Waals surface area contributed by atoms with Crippen molar-refractivity contribution in [2.75, 3.05) is 6.54 Å². The van der Waals surface area contributed by atoms with E-state index in [1.165, 1.54) is 16.3 Å². The fourth-order valence-electron chi connectivity index (χ4n) is 1.83. The van der Waals surface area contributed by atoms with Gasteiger partial charge in [-0.05, 0) is 19.1 Å². The van der Waals surface area contributed by atoms with Gasteiger partial charge in [0, 0.05) is 13.6 Å². The van der Waals surface area contributed by atoms with Crippen molar-refractivity contribution in [2.24, 2.45) is 7.05 Å². The van der Waals surface area contributed by atoms with Gasteiger partial charge in [-0.2, -0.15) is 0 Å². The van der Waals surface area contributed by atoms with Crippen LogP contribution in [0.4, 0.5) is 0 Å². The van der Waals surface area contributed by atoms with E-state index in [-0.39, 0.29) is 16.7 Å². The molecule has 0 bridgehead atoms. The van der Waals surface area contributed by atoms with E-state index in [0.29, 0.717) is 22.6 Å². The zero-order chi connectivity index (χ0) is 15.4. The van der Waals surface area contributed by atoms with Crippen molar-refractivity contribution in [1.29, 1.82) is 0 Å². The molecule has 0 aliphatic heterocycles. The number of fused-ring (bicyclic) bond motifs is 1. The number of aromatic nitrogens is 2. The number of hydrogen-bond donors (Lipinski definition) is 1. The van der Waals surface area contributed by atoms with Crippen LogP contribution in [0.25, 0.3) is 10.9 Å². The van der Waals surface area contributed by atoms with Crippen LogP contribution in [-0.4, -0.2) is 27.3 Å². The molecule has 0 spiro atoms. The van der Waals surface area contributed by atoms with Gasteiger partial charge in [0.2, 0.25) is 5.91 Å². The van der Waals surface area contributed by atoms with Crippen molar-refractivity contribution in [3.8, 4) is 0 Å². The molecule has 0 fully saturated rings. The van der Waals surface area contributed by atoms with Crippen molar-refractivity contribution >= 4 is 28.6 Å². The molecule has 0 saturated heterocycles. The molecule has 110 valence electrons. The molecule has 1 amide bonds. The Morgan fingerprint density at radius 2 is 2.24 bits per heavy atom. The van der Waals surface area contributed by atoms with E-state index in [9.17, 15) is 9.59 Å². The quantitative estimate of drug-likeness (QED) is 0.519. The summed E-state index contributed by atoms with van der Waals surface area (Å²) >= 11 is 1.26. The minimum absolute atomic E-state index is 0.109. The molecule has 1 aromatic carbocycles. The Morgan fingerprint density at radius 1 is 1.52 bits per heavy atom. The van der Waals surface area contributed by atoms with Gasteiger partial charge in [0.25, 0.3) is 5.56 Å². The van der Waals surface area contributed by atoms with Gasteiger partial charge >= 0.3 is 0 Å². The third-order valence-corrected chi connectivity index (χ3v) is 4.16. The first kappa shape index (κ1) is 15.3. The number of rotatable bonds is 5. The Bertz CT molecular complexity index is 739. The maximum Gasteiger partial charge on any atom is 0.261 e. The smallest absolute Gasteiger partial charge is 0.261 e. The second-order valence-corrected chi connectivity index (χ2v) is 5.88. The van der Waals surface area contributed by atoms with E-state index >= 15 is 0 Å². The van der Waals surface area contributed by atoms with E-state index in [1.54, 1.807) is 32.2 Å². The maximum absolute atomic E-state index is 12.3. The average molecular weight is 303 g/mol. The Labute approximate surface area is 127 Å². The first-order chi connectivity index (χ1) is 10.0. The number of carbonyl (C=O) groups excluding carboxylic acids is 1. The molecule has 1 aromatic heterocycles. The monoisotopic (exact) mass is 303 g/mol. The first-order valence-corrected chi connectivity index (χ1v) is 7.43. The summed E-state index contributed by atoms with van der Waals surface area (Å²) in [6.07, 6.45) is 1.62. The molecule has 6 heteroatoms. The van der Waals surface area contributed by atoms with Crippen LogP contribution in [0.3, 0.4) is 0 Å². The van der Waals surface area contributed by atoms with Gasteiger partial charge in [0.1, 0.15) is 0 Å². The minimum atomic E-state index is -0.343. The summed E-state index contributed by atoms with van der Waals surface area (Å²) in [6.45, 7) is 5.76. The Kier molecular flexibility index (Phi) is 4.80. The summed E-state index contributed by atoms with van der Waals surface area (Å²) in [5.41, 5.74) is 0.531. The Hall–Kier alpha value is -2.08. The topological polar surface area (TPSA) is 64.0 Å². The summed E-state index contributed by atoms with van der Waals surface area (Å²) in [6, 6.07) is 7.19. The number of para-hydroxylation sites is 1. The van der Waals surface area contributed by atoms with Crippen LogP contribution in [0.1, 0.15) is 6.92 Å². The number of hydrogen-bond acceptors (Lipinski definition) is 4. The highest BCUT2D eigenvalue weighted by Crippen LogP contribution is 2.21.